The molecule has 7 heteroatoms. The third-order valence-electron chi connectivity index (χ3n) is 3.27. The van der Waals surface area contributed by atoms with Crippen molar-refractivity contribution < 1.29 is 4.79 Å². The zero-order valence-electron chi connectivity index (χ0n) is 11.5. The fraction of sp³-hybridized carbons (Fsp3) is 0.538. The number of amides is 1. The molecule has 1 saturated heterocycles. The Morgan fingerprint density at radius 3 is 2.35 bits per heavy atom. The molecule has 1 aromatic heterocycles. The van der Waals surface area contributed by atoms with E-state index < -0.39 is 5.41 Å². The van der Waals surface area contributed by atoms with Crippen LogP contribution in [0.5, 0.6) is 0 Å². The number of hydrogen-bond acceptors (Lipinski definition) is 5. The minimum atomic E-state index is -0.962. The lowest BCUT2D eigenvalue weighted by molar-refractivity contribution is -0.137. The summed E-state index contributed by atoms with van der Waals surface area (Å²) < 4.78 is 0.839. The quantitative estimate of drug-likeness (QED) is 0.816. The standard InChI is InChI=1S/C13H16BrN5O/c1-13(2,9-15)11(20)18-3-5-19(6-4-18)12-16-7-10(14)8-17-12/h7-8H,3-6H2,1-2H3. The van der Waals surface area contributed by atoms with Crippen LogP contribution >= 0.6 is 15.9 Å². The van der Waals surface area contributed by atoms with Crippen LogP contribution in [-0.4, -0.2) is 47.0 Å². The van der Waals surface area contributed by atoms with Crippen LogP contribution in [0.2, 0.25) is 0 Å². The zero-order valence-corrected chi connectivity index (χ0v) is 13.1. The van der Waals surface area contributed by atoms with E-state index in [0.29, 0.717) is 32.1 Å². The molecule has 106 valence electrons. The van der Waals surface area contributed by atoms with Gasteiger partial charge in [0.05, 0.1) is 10.5 Å². The van der Waals surface area contributed by atoms with Gasteiger partial charge in [-0.1, -0.05) is 0 Å². The van der Waals surface area contributed by atoms with Gasteiger partial charge in [-0.3, -0.25) is 4.79 Å². The summed E-state index contributed by atoms with van der Waals surface area (Å²) >= 11 is 3.30. The Morgan fingerprint density at radius 2 is 1.85 bits per heavy atom. The van der Waals surface area contributed by atoms with Gasteiger partial charge in [0.1, 0.15) is 5.41 Å². The number of nitrogens with zero attached hydrogens (tertiary/aromatic N) is 5. The third kappa shape index (κ3) is 3.07. The van der Waals surface area contributed by atoms with Gasteiger partial charge < -0.3 is 9.80 Å². The number of carbonyl (C=O) groups excluding carboxylic acids is 1. The number of halogens is 1. The first-order valence-corrected chi connectivity index (χ1v) is 7.16. The van der Waals surface area contributed by atoms with E-state index in [0.717, 1.165) is 4.47 Å². The smallest absolute Gasteiger partial charge is 0.242 e. The van der Waals surface area contributed by atoms with E-state index in [2.05, 4.69) is 32.0 Å². The lowest BCUT2D eigenvalue weighted by Gasteiger charge is -2.36. The molecule has 2 rings (SSSR count). The van der Waals surface area contributed by atoms with Crippen molar-refractivity contribution in [2.24, 2.45) is 5.41 Å². The number of hydrogen-bond donors (Lipinski definition) is 0. The number of rotatable bonds is 2. The molecule has 0 aliphatic carbocycles. The van der Waals surface area contributed by atoms with Gasteiger partial charge >= 0.3 is 0 Å². The van der Waals surface area contributed by atoms with Crippen molar-refractivity contribution in [2.45, 2.75) is 13.8 Å². The van der Waals surface area contributed by atoms with Gasteiger partial charge in [0.15, 0.2) is 0 Å². The normalized spacial score (nSPS) is 15.9. The predicted octanol–water partition coefficient (Wildman–Crippen LogP) is 1.44. The van der Waals surface area contributed by atoms with Crippen molar-refractivity contribution in [2.75, 3.05) is 31.1 Å². The summed E-state index contributed by atoms with van der Waals surface area (Å²) in [4.78, 5) is 24.5. The van der Waals surface area contributed by atoms with Gasteiger partial charge in [-0.25, -0.2) is 9.97 Å². The summed E-state index contributed by atoms with van der Waals surface area (Å²) in [6, 6.07) is 2.05. The molecule has 0 saturated carbocycles. The number of aromatic nitrogens is 2. The van der Waals surface area contributed by atoms with Crippen molar-refractivity contribution in [1.29, 1.82) is 5.26 Å². The second kappa shape index (κ2) is 5.75. The largest absolute Gasteiger partial charge is 0.338 e. The monoisotopic (exact) mass is 337 g/mol. The molecule has 20 heavy (non-hydrogen) atoms. The maximum Gasteiger partial charge on any atom is 0.242 e. The summed E-state index contributed by atoms with van der Waals surface area (Å²) in [6.07, 6.45) is 3.41. The molecule has 0 spiro atoms. The molecule has 0 N–H and O–H groups in total. The first-order valence-electron chi connectivity index (χ1n) is 6.37. The lowest BCUT2D eigenvalue weighted by Crippen LogP contribution is -2.52. The number of nitriles is 1. The summed E-state index contributed by atoms with van der Waals surface area (Å²) in [6.45, 7) is 5.83. The Morgan fingerprint density at radius 1 is 1.30 bits per heavy atom. The second-order valence-corrected chi connectivity index (χ2v) is 6.13. The van der Waals surface area contributed by atoms with Crippen LogP contribution < -0.4 is 4.90 Å². The SMILES string of the molecule is CC(C)(C#N)C(=O)N1CCN(c2ncc(Br)cn2)CC1. The Balaban J connectivity index is 1.98. The van der Waals surface area contributed by atoms with Crippen LogP contribution in [0.4, 0.5) is 5.95 Å². The van der Waals surface area contributed by atoms with E-state index in [4.69, 9.17) is 5.26 Å². The van der Waals surface area contributed by atoms with Gasteiger partial charge in [-0.2, -0.15) is 5.26 Å². The van der Waals surface area contributed by atoms with Crippen molar-refractivity contribution in [1.82, 2.24) is 14.9 Å². The highest BCUT2D eigenvalue weighted by atomic mass is 79.9. The van der Waals surface area contributed by atoms with E-state index in [1.807, 2.05) is 4.90 Å². The van der Waals surface area contributed by atoms with Crippen molar-refractivity contribution in [3.8, 4) is 6.07 Å². The molecule has 0 bridgehead atoms. The summed E-state index contributed by atoms with van der Waals surface area (Å²) in [5.74, 6) is 0.552. The Labute approximate surface area is 126 Å². The average Bonchev–Trinajstić information content (AvgIpc) is 2.47. The molecular weight excluding hydrogens is 322 g/mol. The highest BCUT2D eigenvalue weighted by Crippen LogP contribution is 2.20. The number of piperazine rings is 1. The van der Waals surface area contributed by atoms with Crippen LogP contribution in [0.25, 0.3) is 0 Å². The van der Waals surface area contributed by atoms with E-state index >= 15 is 0 Å². The Kier molecular flexibility index (Phi) is 4.23. The minimum absolute atomic E-state index is 0.114. The van der Waals surface area contributed by atoms with Gasteiger partial charge in [0, 0.05) is 38.6 Å². The fourth-order valence-electron chi connectivity index (χ4n) is 2.02. The zero-order chi connectivity index (χ0) is 14.8. The van der Waals surface area contributed by atoms with Crippen molar-refractivity contribution >= 4 is 27.8 Å². The van der Waals surface area contributed by atoms with Crippen LogP contribution in [0.1, 0.15) is 13.8 Å². The van der Waals surface area contributed by atoms with Crippen molar-refractivity contribution in [3.63, 3.8) is 0 Å². The van der Waals surface area contributed by atoms with Gasteiger partial charge in [-0.05, 0) is 29.8 Å². The van der Waals surface area contributed by atoms with Gasteiger partial charge in [-0.15, -0.1) is 0 Å². The molecule has 6 nitrogen and oxygen atoms in total. The van der Waals surface area contributed by atoms with E-state index in [9.17, 15) is 4.79 Å². The highest BCUT2D eigenvalue weighted by molar-refractivity contribution is 9.10. The summed E-state index contributed by atoms with van der Waals surface area (Å²) in [5.41, 5.74) is -0.962. The second-order valence-electron chi connectivity index (χ2n) is 5.22. The molecule has 1 aliphatic rings. The average molecular weight is 338 g/mol. The van der Waals surface area contributed by atoms with Crippen LogP contribution in [-0.2, 0) is 4.79 Å². The maximum absolute atomic E-state index is 12.2. The van der Waals surface area contributed by atoms with Crippen LogP contribution in [0, 0.1) is 16.7 Å². The van der Waals surface area contributed by atoms with Crippen molar-refractivity contribution in [3.05, 3.63) is 16.9 Å². The topological polar surface area (TPSA) is 73.1 Å². The Hall–Kier alpha value is -1.68. The molecule has 0 atom stereocenters. The first kappa shape index (κ1) is 14.7. The molecule has 0 unspecified atom stereocenters. The molecule has 2 heterocycles. The predicted molar refractivity (Wildman–Crippen MR) is 77.9 cm³/mol. The van der Waals surface area contributed by atoms with Gasteiger partial charge in [0.2, 0.25) is 11.9 Å². The minimum Gasteiger partial charge on any atom is -0.338 e. The molecule has 0 radical (unpaired) electrons. The summed E-state index contributed by atoms with van der Waals surface area (Å²) in [7, 11) is 0. The first-order chi connectivity index (χ1) is 9.44. The maximum atomic E-state index is 12.2. The molecule has 1 aromatic rings. The molecule has 1 fully saturated rings. The third-order valence-corrected chi connectivity index (χ3v) is 3.68. The van der Waals surface area contributed by atoms with Crippen LogP contribution in [0.3, 0.4) is 0 Å². The van der Waals surface area contributed by atoms with E-state index in [1.54, 1.807) is 31.1 Å². The fourth-order valence-corrected chi connectivity index (χ4v) is 2.23. The summed E-state index contributed by atoms with van der Waals surface area (Å²) in [5, 5.41) is 9.02. The molecule has 1 aliphatic heterocycles. The van der Waals surface area contributed by atoms with Crippen LogP contribution in [0.15, 0.2) is 16.9 Å². The lowest BCUT2D eigenvalue weighted by atomic mass is 9.93. The highest BCUT2D eigenvalue weighted by Gasteiger charge is 2.33. The number of carbonyl (C=O) groups is 1. The van der Waals surface area contributed by atoms with E-state index in [-0.39, 0.29) is 5.91 Å². The molecule has 0 aromatic carbocycles. The molecular formula is C13H16BrN5O. The molecule has 1 amide bonds. The van der Waals surface area contributed by atoms with Gasteiger partial charge in [0.25, 0.3) is 0 Å². The number of anilines is 1. The van der Waals surface area contributed by atoms with E-state index in [1.165, 1.54) is 0 Å². The Bertz CT molecular complexity index is 529.